The van der Waals surface area contributed by atoms with Crippen molar-refractivity contribution in [1.29, 1.82) is 0 Å². The van der Waals surface area contributed by atoms with Gasteiger partial charge in [0.1, 0.15) is 0 Å². The van der Waals surface area contributed by atoms with E-state index in [1.54, 1.807) is 28.9 Å². The summed E-state index contributed by atoms with van der Waals surface area (Å²) >= 11 is 5.81. The summed E-state index contributed by atoms with van der Waals surface area (Å²) in [5, 5.41) is 5.06. The highest BCUT2D eigenvalue weighted by Gasteiger charge is 2.17. The normalized spacial score (nSPS) is 10.6. The summed E-state index contributed by atoms with van der Waals surface area (Å²) in [5.74, 6) is -0.732. The van der Waals surface area contributed by atoms with Gasteiger partial charge in [0.25, 0.3) is 0 Å². The Labute approximate surface area is 162 Å². The summed E-state index contributed by atoms with van der Waals surface area (Å²) in [6.07, 6.45) is 0.0679. The fraction of sp³-hybridized carbons (Fsp3) is 0.190. The Balaban J connectivity index is 1.65. The lowest BCUT2D eigenvalue weighted by Crippen LogP contribution is -2.16. The molecule has 0 saturated heterocycles. The zero-order valence-electron chi connectivity index (χ0n) is 15.1. The van der Waals surface area contributed by atoms with Crippen LogP contribution in [0.25, 0.3) is 5.69 Å². The zero-order valence-corrected chi connectivity index (χ0v) is 15.9. The van der Waals surface area contributed by atoms with Gasteiger partial charge in [-0.15, -0.1) is 0 Å². The van der Waals surface area contributed by atoms with Gasteiger partial charge in [0.2, 0.25) is 0 Å². The van der Waals surface area contributed by atoms with Gasteiger partial charge in [-0.3, -0.25) is 9.59 Å². The van der Waals surface area contributed by atoms with Gasteiger partial charge in [0.05, 0.1) is 17.8 Å². The molecule has 0 saturated carbocycles. The number of Topliss-reactive ketones (excluding diaryl/α,β-unsaturated/α-hetero) is 1. The molecule has 0 atom stereocenters. The summed E-state index contributed by atoms with van der Waals surface area (Å²) in [7, 11) is 0. The Kier molecular flexibility index (Phi) is 5.72. The van der Waals surface area contributed by atoms with Crippen LogP contribution in [0.3, 0.4) is 0 Å². The third-order valence-corrected chi connectivity index (χ3v) is 4.55. The third-order valence-electron chi connectivity index (χ3n) is 4.29. The second kappa shape index (κ2) is 8.18. The number of ether oxygens (including phenoxy) is 1. The quantitative estimate of drug-likeness (QED) is 0.475. The third kappa shape index (κ3) is 4.44. The van der Waals surface area contributed by atoms with Gasteiger partial charge in [-0.25, -0.2) is 4.68 Å². The number of esters is 1. The molecule has 0 spiro atoms. The number of para-hydroxylation sites is 1. The largest absolute Gasteiger partial charge is 0.457 e. The Morgan fingerprint density at radius 2 is 1.70 bits per heavy atom. The molecule has 0 fully saturated rings. The maximum absolute atomic E-state index is 12.2. The van der Waals surface area contributed by atoms with Crippen LogP contribution in [0.1, 0.15) is 27.3 Å². The number of hydrogen-bond acceptors (Lipinski definition) is 4. The van der Waals surface area contributed by atoms with Crippen LogP contribution in [0.15, 0.2) is 54.6 Å². The van der Waals surface area contributed by atoms with Gasteiger partial charge in [-0.2, -0.15) is 5.10 Å². The molecule has 0 aliphatic carbocycles. The predicted octanol–water partition coefficient (Wildman–Crippen LogP) is 4.11. The van der Waals surface area contributed by atoms with Crippen molar-refractivity contribution in [2.24, 2.45) is 0 Å². The zero-order chi connectivity index (χ0) is 19.4. The molecule has 0 aliphatic rings. The van der Waals surface area contributed by atoms with Crippen molar-refractivity contribution in [3.63, 3.8) is 0 Å². The first-order chi connectivity index (χ1) is 13.0. The number of hydrogen-bond donors (Lipinski definition) is 0. The minimum Gasteiger partial charge on any atom is -0.457 e. The van der Waals surface area contributed by atoms with Gasteiger partial charge in [-0.1, -0.05) is 29.8 Å². The highest BCUT2D eigenvalue weighted by molar-refractivity contribution is 6.30. The van der Waals surface area contributed by atoms with Gasteiger partial charge in [-0.05, 0) is 50.2 Å². The average molecular weight is 383 g/mol. The Morgan fingerprint density at radius 1 is 1.04 bits per heavy atom. The van der Waals surface area contributed by atoms with Crippen molar-refractivity contribution in [3.8, 4) is 5.69 Å². The SMILES string of the molecule is Cc1nn(-c2ccccc2)c(C)c1CC(=O)OCC(=O)c1ccc(Cl)cc1. The van der Waals surface area contributed by atoms with Crippen molar-refractivity contribution < 1.29 is 14.3 Å². The van der Waals surface area contributed by atoms with Gasteiger partial charge < -0.3 is 4.74 Å². The molecule has 2 aromatic carbocycles. The fourth-order valence-electron chi connectivity index (χ4n) is 2.81. The molecule has 27 heavy (non-hydrogen) atoms. The van der Waals surface area contributed by atoms with E-state index in [9.17, 15) is 9.59 Å². The first-order valence-corrected chi connectivity index (χ1v) is 8.88. The molecule has 6 heteroatoms. The first kappa shape index (κ1) is 18.9. The second-order valence-electron chi connectivity index (χ2n) is 6.16. The Morgan fingerprint density at radius 3 is 2.37 bits per heavy atom. The molecule has 5 nitrogen and oxygen atoms in total. The molecule has 0 bridgehead atoms. The molecule has 0 radical (unpaired) electrons. The van der Waals surface area contributed by atoms with Crippen molar-refractivity contribution in [3.05, 3.63) is 82.1 Å². The van der Waals surface area contributed by atoms with Crippen molar-refractivity contribution >= 4 is 23.4 Å². The van der Waals surface area contributed by atoms with Crippen LogP contribution in [0.5, 0.6) is 0 Å². The van der Waals surface area contributed by atoms with Gasteiger partial charge in [0.15, 0.2) is 12.4 Å². The molecule has 0 unspecified atom stereocenters. The van der Waals surface area contributed by atoms with Gasteiger partial charge >= 0.3 is 5.97 Å². The number of benzene rings is 2. The standard InChI is InChI=1S/C21H19ClN2O3/c1-14-19(15(2)24(23-14)18-6-4-3-5-7-18)12-21(26)27-13-20(25)16-8-10-17(22)11-9-16/h3-11H,12-13H2,1-2H3. The molecule has 1 heterocycles. The van der Waals surface area contributed by atoms with E-state index in [2.05, 4.69) is 5.10 Å². The van der Waals surface area contributed by atoms with E-state index in [1.807, 2.05) is 44.2 Å². The molecule has 138 valence electrons. The topological polar surface area (TPSA) is 61.2 Å². The van der Waals surface area contributed by atoms with E-state index in [1.165, 1.54) is 0 Å². The molecule has 3 aromatic rings. The molecular weight excluding hydrogens is 364 g/mol. The van der Waals surface area contributed by atoms with Crippen molar-refractivity contribution in [2.75, 3.05) is 6.61 Å². The molecule has 1 aromatic heterocycles. The van der Waals surface area contributed by atoms with E-state index < -0.39 is 5.97 Å². The summed E-state index contributed by atoms with van der Waals surface area (Å²) in [5.41, 5.74) is 3.83. The summed E-state index contributed by atoms with van der Waals surface area (Å²) in [6, 6.07) is 16.2. The molecule has 3 rings (SSSR count). The summed E-state index contributed by atoms with van der Waals surface area (Å²) in [6.45, 7) is 3.47. The molecular formula is C21H19ClN2O3. The van der Waals surface area contributed by atoms with E-state index in [0.29, 0.717) is 10.6 Å². The number of aromatic nitrogens is 2. The smallest absolute Gasteiger partial charge is 0.310 e. The van der Waals surface area contributed by atoms with E-state index in [0.717, 1.165) is 22.6 Å². The number of carbonyl (C=O) groups is 2. The summed E-state index contributed by atoms with van der Waals surface area (Å²) < 4.78 is 6.96. The number of carbonyl (C=O) groups excluding carboxylic acids is 2. The van der Waals surface area contributed by atoms with Crippen LogP contribution in [-0.2, 0) is 16.0 Å². The maximum Gasteiger partial charge on any atom is 0.310 e. The monoisotopic (exact) mass is 382 g/mol. The van der Waals surface area contributed by atoms with Crippen LogP contribution < -0.4 is 0 Å². The minimum absolute atomic E-state index is 0.0679. The average Bonchev–Trinajstić information content (AvgIpc) is 2.95. The number of rotatable bonds is 6. The highest BCUT2D eigenvalue weighted by atomic mass is 35.5. The van der Waals surface area contributed by atoms with Crippen LogP contribution in [0.2, 0.25) is 5.02 Å². The summed E-state index contributed by atoms with van der Waals surface area (Å²) in [4.78, 5) is 24.3. The number of nitrogens with zero attached hydrogens (tertiary/aromatic N) is 2. The van der Waals surface area contributed by atoms with Crippen molar-refractivity contribution in [1.82, 2.24) is 9.78 Å². The van der Waals surface area contributed by atoms with Crippen LogP contribution in [0.4, 0.5) is 0 Å². The lowest BCUT2D eigenvalue weighted by molar-refractivity contribution is -0.141. The van der Waals surface area contributed by atoms with Crippen molar-refractivity contribution in [2.45, 2.75) is 20.3 Å². The number of ketones is 1. The number of aryl methyl sites for hydroxylation is 1. The molecule has 0 aliphatic heterocycles. The lowest BCUT2D eigenvalue weighted by atomic mass is 10.1. The maximum atomic E-state index is 12.2. The second-order valence-corrected chi connectivity index (χ2v) is 6.60. The minimum atomic E-state index is -0.462. The predicted molar refractivity (Wildman–Crippen MR) is 103 cm³/mol. The number of halogens is 1. The highest BCUT2D eigenvalue weighted by Crippen LogP contribution is 2.19. The van der Waals surface area contributed by atoms with Crippen LogP contribution >= 0.6 is 11.6 Å². The fourth-order valence-corrected chi connectivity index (χ4v) is 2.94. The van der Waals surface area contributed by atoms with Gasteiger partial charge in [0, 0.05) is 21.8 Å². The Bertz CT molecular complexity index is 963. The Hall–Kier alpha value is -2.92. The van der Waals surface area contributed by atoms with Crippen LogP contribution in [0, 0.1) is 13.8 Å². The lowest BCUT2D eigenvalue weighted by Gasteiger charge is -2.06. The van der Waals surface area contributed by atoms with Crippen LogP contribution in [-0.4, -0.2) is 28.1 Å². The first-order valence-electron chi connectivity index (χ1n) is 8.50. The van der Waals surface area contributed by atoms with E-state index >= 15 is 0 Å². The van der Waals surface area contributed by atoms with E-state index in [-0.39, 0.29) is 18.8 Å². The molecule has 0 amide bonds. The molecule has 0 N–H and O–H groups in total. The van der Waals surface area contributed by atoms with E-state index in [4.69, 9.17) is 16.3 Å².